The van der Waals surface area contributed by atoms with E-state index in [1.165, 1.54) is 6.21 Å². The molecule has 0 fully saturated rings. The third-order valence-corrected chi connectivity index (χ3v) is 4.56. The highest BCUT2D eigenvalue weighted by atomic mass is 79.9. The number of carbonyl (C=O) groups is 1. The number of amides is 1. The summed E-state index contributed by atoms with van der Waals surface area (Å²) in [5.41, 5.74) is 4.76. The van der Waals surface area contributed by atoms with E-state index in [1.807, 2.05) is 51.1 Å². The molecule has 6 nitrogen and oxygen atoms in total. The minimum atomic E-state index is -0.391. The second kappa shape index (κ2) is 7.98. The first-order valence-corrected chi connectivity index (χ1v) is 9.53. The van der Waals surface area contributed by atoms with Crippen molar-refractivity contribution in [3.05, 3.63) is 76.0 Å². The lowest BCUT2D eigenvalue weighted by molar-refractivity contribution is 0.0947. The Morgan fingerprint density at radius 1 is 1.18 bits per heavy atom. The fourth-order valence-electron chi connectivity index (χ4n) is 2.52. The van der Waals surface area contributed by atoms with Crippen molar-refractivity contribution in [1.82, 2.24) is 15.2 Å². The van der Waals surface area contributed by atoms with Crippen LogP contribution in [0.25, 0.3) is 5.69 Å². The Labute approximate surface area is 172 Å². The van der Waals surface area contributed by atoms with Gasteiger partial charge in [-0.3, -0.25) is 4.79 Å². The number of carbonyl (C=O) groups excluding carboxylic acids is 1. The maximum atomic E-state index is 12.8. The van der Waals surface area contributed by atoms with Gasteiger partial charge in [-0.25, -0.2) is 10.1 Å². The van der Waals surface area contributed by atoms with E-state index >= 15 is 0 Å². The summed E-state index contributed by atoms with van der Waals surface area (Å²) in [7, 11) is 0. The van der Waals surface area contributed by atoms with Gasteiger partial charge in [-0.05, 0) is 36.4 Å². The van der Waals surface area contributed by atoms with E-state index in [-0.39, 0.29) is 11.2 Å². The minimum Gasteiger partial charge on any atom is -0.507 e. The summed E-state index contributed by atoms with van der Waals surface area (Å²) < 4.78 is 2.41. The lowest BCUT2D eigenvalue weighted by atomic mass is 9.92. The molecule has 0 bridgehead atoms. The minimum absolute atomic E-state index is 0.0746. The van der Waals surface area contributed by atoms with Crippen LogP contribution in [0.15, 0.2) is 64.2 Å². The van der Waals surface area contributed by atoms with Crippen LogP contribution in [-0.2, 0) is 5.41 Å². The highest BCUT2D eigenvalue weighted by molar-refractivity contribution is 9.10. The van der Waals surface area contributed by atoms with Crippen LogP contribution in [0, 0.1) is 0 Å². The highest BCUT2D eigenvalue weighted by Gasteiger charge is 2.23. The molecular formula is C21H21BrN4O2. The Kier molecular flexibility index (Phi) is 5.65. The van der Waals surface area contributed by atoms with E-state index in [0.717, 1.165) is 15.9 Å². The largest absolute Gasteiger partial charge is 0.507 e. The number of phenolic OH excluding ortho intramolecular Hbond substituents is 1. The van der Waals surface area contributed by atoms with Gasteiger partial charge in [0.25, 0.3) is 5.91 Å². The molecule has 3 aromatic rings. The van der Waals surface area contributed by atoms with E-state index in [9.17, 15) is 9.90 Å². The topological polar surface area (TPSA) is 79.5 Å². The highest BCUT2D eigenvalue weighted by Crippen LogP contribution is 2.24. The van der Waals surface area contributed by atoms with Crippen LogP contribution in [0.3, 0.4) is 0 Å². The summed E-state index contributed by atoms with van der Waals surface area (Å²) >= 11 is 3.34. The quantitative estimate of drug-likeness (QED) is 0.465. The van der Waals surface area contributed by atoms with Crippen molar-refractivity contribution < 1.29 is 9.90 Å². The molecule has 0 saturated heterocycles. The van der Waals surface area contributed by atoms with Gasteiger partial charge in [-0.1, -0.05) is 54.9 Å². The Bertz CT molecular complexity index is 1020. The van der Waals surface area contributed by atoms with Gasteiger partial charge in [0, 0.05) is 15.5 Å². The molecule has 2 aromatic carbocycles. The molecule has 0 saturated carbocycles. The number of hydrazone groups is 1. The van der Waals surface area contributed by atoms with Crippen molar-refractivity contribution in [2.24, 2.45) is 5.10 Å². The fraction of sp³-hybridized carbons (Fsp3) is 0.190. The third kappa shape index (κ3) is 4.48. The molecule has 144 valence electrons. The summed E-state index contributed by atoms with van der Waals surface area (Å²) in [5.74, 6) is -0.317. The first kappa shape index (κ1) is 19.8. The van der Waals surface area contributed by atoms with E-state index in [2.05, 4.69) is 31.6 Å². The maximum Gasteiger partial charge on any atom is 0.290 e. The van der Waals surface area contributed by atoms with Crippen molar-refractivity contribution in [2.75, 3.05) is 0 Å². The predicted molar refractivity (Wildman–Crippen MR) is 113 cm³/mol. The smallest absolute Gasteiger partial charge is 0.290 e. The van der Waals surface area contributed by atoms with Crippen molar-refractivity contribution >= 4 is 28.1 Å². The SMILES string of the molecule is CC(C)(C)c1cc(C(=O)NN=Cc2cc(Br)ccc2O)n(-c2ccccc2)n1. The molecule has 0 unspecified atom stereocenters. The number of aromatic hydroxyl groups is 1. The number of para-hydroxylation sites is 1. The Balaban J connectivity index is 1.89. The van der Waals surface area contributed by atoms with Crippen molar-refractivity contribution in [3.8, 4) is 11.4 Å². The van der Waals surface area contributed by atoms with Crippen molar-refractivity contribution in [2.45, 2.75) is 26.2 Å². The number of nitrogens with zero attached hydrogens (tertiary/aromatic N) is 3. The molecule has 0 atom stereocenters. The van der Waals surface area contributed by atoms with Crippen LogP contribution < -0.4 is 5.43 Å². The number of hydrogen-bond acceptors (Lipinski definition) is 4. The van der Waals surface area contributed by atoms with Crippen LogP contribution in [0.2, 0.25) is 0 Å². The van der Waals surface area contributed by atoms with Gasteiger partial charge >= 0.3 is 0 Å². The zero-order chi connectivity index (χ0) is 20.3. The summed E-state index contributed by atoms with van der Waals surface area (Å²) in [6, 6.07) is 16.2. The zero-order valence-corrected chi connectivity index (χ0v) is 17.4. The number of benzene rings is 2. The summed E-state index contributed by atoms with van der Waals surface area (Å²) in [5, 5.41) is 18.5. The molecule has 3 rings (SSSR count). The Hall–Kier alpha value is -2.93. The molecule has 1 aromatic heterocycles. The molecule has 0 aliphatic rings. The van der Waals surface area contributed by atoms with Gasteiger partial charge in [0.15, 0.2) is 0 Å². The normalized spacial score (nSPS) is 11.7. The van der Waals surface area contributed by atoms with Gasteiger partial charge in [-0.2, -0.15) is 10.2 Å². The van der Waals surface area contributed by atoms with Crippen molar-refractivity contribution in [1.29, 1.82) is 0 Å². The molecule has 2 N–H and O–H groups in total. The molecule has 1 heterocycles. The average Bonchev–Trinajstić information content (AvgIpc) is 3.11. The van der Waals surface area contributed by atoms with Crippen LogP contribution in [0.4, 0.5) is 0 Å². The summed E-state index contributed by atoms with van der Waals surface area (Å²) in [6.45, 7) is 6.13. The summed E-state index contributed by atoms with van der Waals surface area (Å²) in [4.78, 5) is 12.8. The Morgan fingerprint density at radius 3 is 2.57 bits per heavy atom. The van der Waals surface area contributed by atoms with E-state index in [1.54, 1.807) is 28.9 Å². The van der Waals surface area contributed by atoms with Gasteiger partial charge in [0.1, 0.15) is 11.4 Å². The van der Waals surface area contributed by atoms with E-state index in [0.29, 0.717) is 11.3 Å². The first-order valence-electron chi connectivity index (χ1n) is 8.73. The van der Waals surface area contributed by atoms with Gasteiger partial charge in [-0.15, -0.1) is 0 Å². The zero-order valence-electron chi connectivity index (χ0n) is 15.8. The molecule has 0 spiro atoms. The first-order chi connectivity index (χ1) is 13.3. The molecule has 1 amide bonds. The van der Waals surface area contributed by atoms with Gasteiger partial charge in [0.05, 0.1) is 17.6 Å². The number of aromatic nitrogens is 2. The standard InChI is InChI=1S/C21H21BrN4O2/c1-21(2,3)19-12-17(26(25-19)16-7-5-4-6-8-16)20(28)24-23-13-14-11-15(22)9-10-18(14)27/h4-13,27H,1-3H3,(H,24,28). The van der Waals surface area contributed by atoms with Crippen LogP contribution >= 0.6 is 15.9 Å². The fourth-order valence-corrected chi connectivity index (χ4v) is 2.90. The second-order valence-corrected chi connectivity index (χ2v) is 8.23. The lowest BCUT2D eigenvalue weighted by Gasteiger charge is -2.14. The maximum absolute atomic E-state index is 12.8. The average molecular weight is 441 g/mol. The number of phenols is 1. The number of nitrogens with one attached hydrogen (secondary N) is 1. The monoisotopic (exact) mass is 440 g/mol. The summed E-state index contributed by atoms with van der Waals surface area (Å²) in [6.07, 6.45) is 1.39. The van der Waals surface area contributed by atoms with E-state index < -0.39 is 5.91 Å². The molecule has 7 heteroatoms. The van der Waals surface area contributed by atoms with Crippen LogP contribution in [-0.4, -0.2) is 27.0 Å². The molecular weight excluding hydrogens is 420 g/mol. The van der Waals surface area contributed by atoms with Crippen LogP contribution in [0.1, 0.15) is 42.5 Å². The van der Waals surface area contributed by atoms with Crippen LogP contribution in [0.5, 0.6) is 5.75 Å². The van der Waals surface area contributed by atoms with E-state index in [4.69, 9.17) is 0 Å². The number of rotatable bonds is 4. The Morgan fingerprint density at radius 2 is 1.89 bits per heavy atom. The lowest BCUT2D eigenvalue weighted by Crippen LogP contribution is -2.21. The molecule has 0 aliphatic heterocycles. The number of hydrogen-bond donors (Lipinski definition) is 2. The van der Waals surface area contributed by atoms with Crippen molar-refractivity contribution in [3.63, 3.8) is 0 Å². The van der Waals surface area contributed by atoms with Gasteiger partial charge in [0.2, 0.25) is 0 Å². The molecule has 0 aliphatic carbocycles. The third-order valence-electron chi connectivity index (χ3n) is 4.07. The number of halogens is 1. The molecule has 0 radical (unpaired) electrons. The molecule has 28 heavy (non-hydrogen) atoms. The predicted octanol–water partition coefficient (Wildman–Crippen LogP) is 4.40. The second-order valence-electron chi connectivity index (χ2n) is 7.31. The van der Waals surface area contributed by atoms with Gasteiger partial charge < -0.3 is 5.11 Å².